The van der Waals surface area contributed by atoms with E-state index in [4.69, 9.17) is 25.4 Å². The van der Waals surface area contributed by atoms with Crippen molar-refractivity contribution in [1.82, 2.24) is 10.3 Å². The lowest BCUT2D eigenvalue weighted by atomic mass is 9.90. The summed E-state index contributed by atoms with van der Waals surface area (Å²) >= 11 is 0. The zero-order valence-electron chi connectivity index (χ0n) is 16.4. The smallest absolute Gasteiger partial charge is 0.323 e. The molecule has 3 heterocycles. The van der Waals surface area contributed by atoms with Gasteiger partial charge in [-0.3, -0.25) is 10.1 Å². The fourth-order valence-electron chi connectivity index (χ4n) is 4.13. The number of hydrogen-bond donors (Lipinski definition) is 2. The maximum Gasteiger partial charge on any atom is 0.323 e. The van der Waals surface area contributed by atoms with Crippen molar-refractivity contribution in [2.45, 2.75) is 18.5 Å². The molecule has 7 heteroatoms. The molecule has 0 radical (unpaired) electrons. The second kappa shape index (κ2) is 7.32. The molecule has 2 aliphatic heterocycles. The van der Waals surface area contributed by atoms with E-state index in [0.29, 0.717) is 23.7 Å². The molecule has 0 aliphatic carbocycles. The van der Waals surface area contributed by atoms with E-state index >= 15 is 0 Å². The lowest BCUT2D eigenvalue weighted by Crippen LogP contribution is -2.45. The summed E-state index contributed by atoms with van der Waals surface area (Å²) < 4.78 is 21.6. The van der Waals surface area contributed by atoms with Crippen LogP contribution in [0.2, 0.25) is 0 Å². The lowest BCUT2D eigenvalue weighted by molar-refractivity contribution is -0.143. The Morgan fingerprint density at radius 3 is 2.93 bits per heavy atom. The number of carbonyl (C=O) groups is 1. The summed E-state index contributed by atoms with van der Waals surface area (Å²) in [4.78, 5) is 15.9. The number of terminal acetylenes is 1. The quantitative estimate of drug-likeness (QED) is 0.514. The number of methoxy groups -OCH3 is 1. The molecular formula is C23H20N2O5. The van der Waals surface area contributed by atoms with E-state index in [1.807, 2.05) is 36.4 Å². The highest BCUT2D eigenvalue weighted by Crippen LogP contribution is 2.40. The molecule has 0 saturated heterocycles. The first-order valence-corrected chi connectivity index (χ1v) is 9.62. The highest BCUT2D eigenvalue weighted by molar-refractivity contribution is 5.88. The Labute approximate surface area is 173 Å². The number of hydrogen-bond acceptors (Lipinski definition) is 6. The van der Waals surface area contributed by atoms with Gasteiger partial charge in [0.2, 0.25) is 6.79 Å². The minimum Gasteiger partial charge on any atom is -0.481 e. The second-order valence-corrected chi connectivity index (χ2v) is 7.21. The van der Waals surface area contributed by atoms with Crippen LogP contribution >= 0.6 is 0 Å². The van der Waals surface area contributed by atoms with Crippen LogP contribution in [0.15, 0.2) is 36.4 Å². The molecule has 2 aromatic carbocycles. The number of aromatic nitrogens is 1. The first-order chi connectivity index (χ1) is 14.7. The third-order valence-electron chi connectivity index (χ3n) is 5.51. The molecule has 0 bridgehead atoms. The van der Waals surface area contributed by atoms with Crippen molar-refractivity contribution < 1.29 is 23.7 Å². The molecule has 7 nitrogen and oxygen atoms in total. The minimum absolute atomic E-state index is 0.199. The third kappa shape index (κ3) is 3.02. The monoisotopic (exact) mass is 404 g/mol. The SMILES string of the molecule is C#CCOc1ccc2[nH]c3c(c2c1)C[C@@H](C(=O)OC)N[C@@H]3c1ccc2c(c1)OCO2. The van der Waals surface area contributed by atoms with Crippen LogP contribution in [-0.4, -0.2) is 37.5 Å². The van der Waals surface area contributed by atoms with Gasteiger partial charge in [-0.25, -0.2) is 0 Å². The van der Waals surface area contributed by atoms with Gasteiger partial charge in [0.1, 0.15) is 18.4 Å². The molecule has 2 atom stereocenters. The highest BCUT2D eigenvalue weighted by atomic mass is 16.7. The zero-order chi connectivity index (χ0) is 20.7. The Hall–Kier alpha value is -3.63. The van der Waals surface area contributed by atoms with Crippen LogP contribution in [0.3, 0.4) is 0 Å². The number of fused-ring (bicyclic) bond motifs is 4. The number of carbonyl (C=O) groups excluding carboxylic acids is 1. The van der Waals surface area contributed by atoms with E-state index in [9.17, 15) is 4.79 Å². The molecule has 2 N–H and O–H groups in total. The standard InChI is InChI=1S/C23H20N2O5/c1-3-8-28-14-5-6-17-15(10-14)16-11-18(23(26)27-2)25-21(22(16)24-17)13-4-7-19-20(9-13)30-12-29-19/h1,4-7,9-10,18,21,24-25H,8,11-12H2,2H3/t18-,21+/m0/s1. The molecule has 0 amide bonds. The van der Waals surface area contributed by atoms with Gasteiger partial charge in [0, 0.05) is 23.0 Å². The summed E-state index contributed by atoms with van der Waals surface area (Å²) in [5.41, 5.74) is 3.97. The average Bonchev–Trinajstić information content (AvgIpc) is 3.40. The molecule has 0 saturated carbocycles. The summed E-state index contributed by atoms with van der Waals surface area (Å²) in [5.74, 6) is 4.27. The van der Waals surface area contributed by atoms with Gasteiger partial charge in [0.15, 0.2) is 11.5 Å². The number of aromatic amines is 1. The summed E-state index contributed by atoms with van der Waals surface area (Å²) in [6, 6.07) is 10.9. The molecule has 0 fully saturated rings. The predicted molar refractivity (Wildman–Crippen MR) is 110 cm³/mol. The van der Waals surface area contributed by atoms with Crippen LogP contribution in [-0.2, 0) is 16.0 Å². The molecule has 0 spiro atoms. The molecule has 152 valence electrons. The van der Waals surface area contributed by atoms with Gasteiger partial charge >= 0.3 is 5.97 Å². The molecule has 30 heavy (non-hydrogen) atoms. The number of H-pyrrole nitrogens is 1. The van der Waals surface area contributed by atoms with Gasteiger partial charge in [-0.15, -0.1) is 6.42 Å². The zero-order valence-corrected chi connectivity index (χ0v) is 16.4. The first kappa shape index (κ1) is 18.4. The summed E-state index contributed by atoms with van der Waals surface area (Å²) in [5, 5.41) is 4.42. The van der Waals surface area contributed by atoms with E-state index in [1.54, 1.807) is 0 Å². The van der Waals surface area contributed by atoms with Crippen molar-refractivity contribution in [3.05, 3.63) is 53.2 Å². The summed E-state index contributed by atoms with van der Waals surface area (Å²) in [6.45, 7) is 0.407. The van der Waals surface area contributed by atoms with E-state index in [1.165, 1.54) is 7.11 Å². The highest BCUT2D eigenvalue weighted by Gasteiger charge is 2.35. The van der Waals surface area contributed by atoms with E-state index in [0.717, 1.165) is 27.7 Å². The van der Waals surface area contributed by atoms with Gasteiger partial charge in [-0.05, 0) is 41.5 Å². The number of rotatable bonds is 4. The summed E-state index contributed by atoms with van der Waals surface area (Å²) in [6.07, 6.45) is 5.81. The van der Waals surface area contributed by atoms with Gasteiger partial charge in [0.05, 0.1) is 13.2 Å². The fraction of sp³-hybridized carbons (Fsp3) is 0.261. The van der Waals surface area contributed by atoms with Gasteiger partial charge in [-0.1, -0.05) is 12.0 Å². The van der Waals surface area contributed by atoms with Crippen LogP contribution in [0.1, 0.15) is 22.9 Å². The number of benzene rings is 2. The molecule has 5 rings (SSSR count). The third-order valence-corrected chi connectivity index (χ3v) is 5.51. The van der Waals surface area contributed by atoms with Crippen molar-refractivity contribution in [2.24, 2.45) is 0 Å². The van der Waals surface area contributed by atoms with Crippen LogP contribution in [0.5, 0.6) is 17.2 Å². The number of esters is 1. The number of nitrogens with one attached hydrogen (secondary N) is 2. The molecular weight excluding hydrogens is 384 g/mol. The predicted octanol–water partition coefficient (Wildman–Crippen LogP) is 2.69. The topological polar surface area (TPSA) is 81.8 Å². The minimum atomic E-state index is -0.479. The Balaban J connectivity index is 1.62. The van der Waals surface area contributed by atoms with Crippen LogP contribution in [0, 0.1) is 12.3 Å². The van der Waals surface area contributed by atoms with Gasteiger partial charge in [0.25, 0.3) is 0 Å². The molecule has 1 aromatic heterocycles. The number of ether oxygens (including phenoxy) is 4. The fourth-order valence-corrected chi connectivity index (χ4v) is 4.13. The lowest BCUT2D eigenvalue weighted by Gasteiger charge is -2.30. The van der Waals surface area contributed by atoms with E-state index < -0.39 is 6.04 Å². The van der Waals surface area contributed by atoms with Crippen molar-refractivity contribution in [1.29, 1.82) is 0 Å². The van der Waals surface area contributed by atoms with E-state index in [-0.39, 0.29) is 25.4 Å². The molecule has 0 unspecified atom stereocenters. The van der Waals surface area contributed by atoms with Crippen molar-refractivity contribution >= 4 is 16.9 Å². The van der Waals surface area contributed by atoms with Crippen molar-refractivity contribution in [3.8, 4) is 29.6 Å². The van der Waals surface area contributed by atoms with Gasteiger partial charge in [-0.2, -0.15) is 0 Å². The normalized spacial score (nSPS) is 19.2. The molecule has 2 aliphatic rings. The van der Waals surface area contributed by atoms with Crippen LogP contribution < -0.4 is 19.5 Å². The van der Waals surface area contributed by atoms with E-state index in [2.05, 4.69) is 16.2 Å². The molecule has 3 aromatic rings. The Bertz CT molecular complexity index is 1180. The Morgan fingerprint density at radius 1 is 1.23 bits per heavy atom. The largest absolute Gasteiger partial charge is 0.481 e. The maximum absolute atomic E-state index is 12.4. The van der Waals surface area contributed by atoms with Crippen molar-refractivity contribution in [2.75, 3.05) is 20.5 Å². The second-order valence-electron chi connectivity index (χ2n) is 7.21. The first-order valence-electron chi connectivity index (χ1n) is 9.62. The van der Waals surface area contributed by atoms with Crippen LogP contribution in [0.25, 0.3) is 10.9 Å². The summed E-state index contributed by atoms with van der Waals surface area (Å²) in [7, 11) is 1.40. The average molecular weight is 404 g/mol. The Morgan fingerprint density at radius 2 is 2.10 bits per heavy atom. The van der Waals surface area contributed by atoms with Crippen LogP contribution in [0.4, 0.5) is 0 Å². The van der Waals surface area contributed by atoms with Gasteiger partial charge < -0.3 is 23.9 Å². The van der Waals surface area contributed by atoms with Crippen molar-refractivity contribution in [3.63, 3.8) is 0 Å². The Kier molecular flexibility index (Phi) is 4.49. The maximum atomic E-state index is 12.4.